The number of nitrogens with one attached hydrogen (secondary N) is 1. The predicted octanol–water partition coefficient (Wildman–Crippen LogP) is 1.79. The molecule has 0 saturated carbocycles. The minimum atomic E-state index is -0.162. The van der Waals surface area contributed by atoms with Crippen LogP contribution in [0, 0.1) is 5.82 Å². The number of hydrogen-bond donors (Lipinski definition) is 1. The topological polar surface area (TPSA) is 33.7 Å². The zero-order chi connectivity index (χ0) is 14.4. The Kier molecular flexibility index (Phi) is 5.76. The van der Waals surface area contributed by atoms with Crippen molar-refractivity contribution in [1.29, 1.82) is 0 Å². The van der Waals surface area contributed by atoms with Crippen molar-refractivity contribution < 1.29 is 13.9 Å². The molecular weight excluding hydrogens is 259 g/mol. The average molecular weight is 282 g/mol. The second kappa shape index (κ2) is 7.57. The van der Waals surface area contributed by atoms with Crippen molar-refractivity contribution in [3.05, 3.63) is 29.6 Å². The molecule has 5 heteroatoms. The van der Waals surface area contributed by atoms with E-state index in [0.717, 1.165) is 25.2 Å². The van der Waals surface area contributed by atoms with E-state index in [0.29, 0.717) is 25.4 Å². The second-order valence-electron chi connectivity index (χ2n) is 5.04. The van der Waals surface area contributed by atoms with Crippen LogP contribution >= 0.6 is 0 Å². The highest BCUT2D eigenvalue weighted by molar-refractivity contribution is 5.55. The zero-order valence-corrected chi connectivity index (χ0v) is 12.2. The van der Waals surface area contributed by atoms with Crippen LogP contribution in [0.1, 0.15) is 12.5 Å². The Morgan fingerprint density at radius 2 is 2.35 bits per heavy atom. The zero-order valence-electron chi connectivity index (χ0n) is 12.2. The van der Waals surface area contributed by atoms with Crippen molar-refractivity contribution in [3.8, 4) is 0 Å². The van der Waals surface area contributed by atoms with Crippen molar-refractivity contribution in [2.75, 3.05) is 44.9 Å². The number of nitrogens with zero attached hydrogens (tertiary/aromatic N) is 1. The first-order valence-electron chi connectivity index (χ1n) is 7.06. The third-order valence-corrected chi connectivity index (χ3v) is 3.43. The molecule has 1 heterocycles. The van der Waals surface area contributed by atoms with Gasteiger partial charge in [0.1, 0.15) is 5.82 Å². The van der Waals surface area contributed by atoms with Gasteiger partial charge in [-0.25, -0.2) is 4.39 Å². The molecule has 0 radical (unpaired) electrons. The van der Waals surface area contributed by atoms with E-state index >= 15 is 0 Å². The Morgan fingerprint density at radius 3 is 3.10 bits per heavy atom. The van der Waals surface area contributed by atoms with Crippen molar-refractivity contribution in [2.45, 2.75) is 19.6 Å². The minimum absolute atomic E-state index is 0.137. The summed E-state index contributed by atoms with van der Waals surface area (Å²) in [5, 5.41) is 3.27. The van der Waals surface area contributed by atoms with E-state index < -0.39 is 0 Å². The molecule has 112 valence electrons. The van der Waals surface area contributed by atoms with Crippen LogP contribution in [0.25, 0.3) is 0 Å². The molecule has 1 atom stereocenters. The predicted molar refractivity (Wildman–Crippen MR) is 77.6 cm³/mol. The fourth-order valence-electron chi connectivity index (χ4n) is 2.48. The molecule has 0 bridgehead atoms. The lowest BCUT2D eigenvalue weighted by Crippen LogP contribution is -2.42. The maximum Gasteiger partial charge on any atom is 0.146 e. The van der Waals surface area contributed by atoms with E-state index in [9.17, 15) is 4.39 Å². The number of hydrogen-bond acceptors (Lipinski definition) is 4. The van der Waals surface area contributed by atoms with E-state index in [2.05, 4.69) is 10.2 Å². The van der Waals surface area contributed by atoms with Gasteiger partial charge >= 0.3 is 0 Å². The summed E-state index contributed by atoms with van der Waals surface area (Å²) in [4.78, 5) is 2.08. The summed E-state index contributed by atoms with van der Waals surface area (Å²) in [6.07, 6.45) is 0.137. The number of morpholine rings is 1. The number of ether oxygens (including phenoxy) is 2. The van der Waals surface area contributed by atoms with Crippen LogP contribution in [0.15, 0.2) is 18.2 Å². The minimum Gasteiger partial charge on any atom is -0.383 e. The van der Waals surface area contributed by atoms with Gasteiger partial charge in [-0.05, 0) is 18.6 Å². The van der Waals surface area contributed by atoms with Crippen LogP contribution in [-0.4, -0.2) is 46.1 Å². The lowest BCUT2D eigenvalue weighted by molar-refractivity contribution is 0.0529. The molecule has 0 spiro atoms. The lowest BCUT2D eigenvalue weighted by atomic mass is 10.1. The summed E-state index contributed by atoms with van der Waals surface area (Å²) in [6.45, 7) is 6.17. The highest BCUT2D eigenvalue weighted by Gasteiger charge is 2.21. The first kappa shape index (κ1) is 15.2. The molecule has 1 aromatic rings. The van der Waals surface area contributed by atoms with Crippen molar-refractivity contribution in [2.24, 2.45) is 0 Å². The van der Waals surface area contributed by atoms with Crippen LogP contribution in [0.5, 0.6) is 0 Å². The molecule has 1 aromatic carbocycles. The summed E-state index contributed by atoms with van der Waals surface area (Å²) in [5.74, 6) is -0.162. The Hall–Kier alpha value is -1.17. The molecule has 0 amide bonds. The van der Waals surface area contributed by atoms with Crippen molar-refractivity contribution in [1.82, 2.24) is 5.32 Å². The van der Waals surface area contributed by atoms with Gasteiger partial charge in [-0.1, -0.05) is 12.1 Å². The van der Waals surface area contributed by atoms with Crippen molar-refractivity contribution in [3.63, 3.8) is 0 Å². The highest BCUT2D eigenvalue weighted by atomic mass is 19.1. The van der Waals surface area contributed by atoms with E-state index in [1.807, 2.05) is 13.0 Å². The fraction of sp³-hybridized carbons (Fsp3) is 0.600. The quantitative estimate of drug-likeness (QED) is 0.807. The van der Waals surface area contributed by atoms with Gasteiger partial charge in [0.05, 0.1) is 25.0 Å². The van der Waals surface area contributed by atoms with E-state index in [4.69, 9.17) is 9.47 Å². The van der Waals surface area contributed by atoms with Crippen LogP contribution in [-0.2, 0) is 16.0 Å². The van der Waals surface area contributed by atoms with Crippen LogP contribution in [0.4, 0.5) is 10.1 Å². The van der Waals surface area contributed by atoms with Gasteiger partial charge in [0, 0.05) is 33.3 Å². The van der Waals surface area contributed by atoms with Gasteiger partial charge in [-0.3, -0.25) is 0 Å². The monoisotopic (exact) mass is 282 g/mol. The summed E-state index contributed by atoms with van der Waals surface area (Å²) in [5.41, 5.74) is 1.68. The molecule has 20 heavy (non-hydrogen) atoms. The number of halogens is 1. The van der Waals surface area contributed by atoms with Crippen molar-refractivity contribution >= 4 is 5.69 Å². The van der Waals surface area contributed by atoms with Gasteiger partial charge in [-0.2, -0.15) is 0 Å². The standard InChI is InChI=1S/C15H23FN2O2/c1-12-11-18(7-9-20-12)15-13(4-3-5-14(15)16)10-17-6-8-19-2/h3-5,12,17H,6-11H2,1-2H3. The average Bonchev–Trinajstić information content (AvgIpc) is 2.44. The number of rotatable bonds is 6. The van der Waals surface area contributed by atoms with E-state index in [1.54, 1.807) is 13.2 Å². The van der Waals surface area contributed by atoms with E-state index in [-0.39, 0.29) is 11.9 Å². The molecule has 1 saturated heterocycles. The molecule has 0 aliphatic carbocycles. The third kappa shape index (κ3) is 3.91. The molecule has 1 unspecified atom stereocenters. The third-order valence-electron chi connectivity index (χ3n) is 3.43. The van der Waals surface area contributed by atoms with Gasteiger partial charge in [0.15, 0.2) is 0 Å². The molecule has 1 aliphatic rings. The molecule has 1 N–H and O–H groups in total. The molecule has 1 fully saturated rings. The lowest BCUT2D eigenvalue weighted by Gasteiger charge is -2.34. The number of benzene rings is 1. The summed E-state index contributed by atoms with van der Waals surface area (Å²) < 4.78 is 24.7. The summed E-state index contributed by atoms with van der Waals surface area (Å²) in [6, 6.07) is 5.25. The maximum absolute atomic E-state index is 14.2. The SMILES string of the molecule is COCCNCc1cccc(F)c1N1CCOC(C)C1. The highest BCUT2D eigenvalue weighted by Crippen LogP contribution is 2.26. The van der Waals surface area contributed by atoms with E-state index in [1.165, 1.54) is 6.07 Å². The summed E-state index contributed by atoms with van der Waals surface area (Å²) >= 11 is 0. The molecule has 0 aromatic heterocycles. The molecular formula is C15H23FN2O2. The molecule has 1 aliphatic heterocycles. The largest absolute Gasteiger partial charge is 0.383 e. The van der Waals surface area contributed by atoms with Crippen LogP contribution in [0.2, 0.25) is 0 Å². The normalized spacial score (nSPS) is 19.4. The first-order valence-corrected chi connectivity index (χ1v) is 7.06. The molecule has 2 rings (SSSR count). The summed E-state index contributed by atoms with van der Waals surface area (Å²) in [7, 11) is 1.67. The van der Waals surface area contributed by atoms with Crippen LogP contribution < -0.4 is 10.2 Å². The smallest absolute Gasteiger partial charge is 0.146 e. The first-order chi connectivity index (χ1) is 9.72. The Bertz CT molecular complexity index is 428. The van der Waals surface area contributed by atoms with Gasteiger partial charge in [-0.15, -0.1) is 0 Å². The maximum atomic E-state index is 14.2. The molecule has 4 nitrogen and oxygen atoms in total. The van der Waals surface area contributed by atoms with Crippen LogP contribution in [0.3, 0.4) is 0 Å². The Morgan fingerprint density at radius 1 is 1.50 bits per heavy atom. The Labute approximate surface area is 119 Å². The number of anilines is 1. The number of para-hydroxylation sites is 1. The second-order valence-corrected chi connectivity index (χ2v) is 5.04. The number of methoxy groups -OCH3 is 1. The van der Waals surface area contributed by atoms with Gasteiger partial charge < -0.3 is 19.7 Å². The van der Waals surface area contributed by atoms with Gasteiger partial charge in [0.2, 0.25) is 0 Å². The fourth-order valence-corrected chi connectivity index (χ4v) is 2.48. The van der Waals surface area contributed by atoms with Gasteiger partial charge in [0.25, 0.3) is 0 Å². The Balaban J connectivity index is 2.09.